The molecule has 2 rings (SSSR count). The molecule has 0 aliphatic heterocycles. The Morgan fingerprint density at radius 3 is 2.72 bits per heavy atom. The number of hydrogen-bond acceptors (Lipinski definition) is 4. The second-order valence-corrected chi connectivity index (χ2v) is 6.63. The molecule has 0 aromatic heterocycles. The van der Waals surface area contributed by atoms with Gasteiger partial charge in [0.25, 0.3) is 0 Å². The van der Waals surface area contributed by atoms with Crippen molar-refractivity contribution in [3.05, 3.63) is 56.5 Å². The van der Waals surface area contributed by atoms with E-state index in [1.54, 1.807) is 18.2 Å². The second-order valence-electron chi connectivity index (χ2n) is 5.37. The number of nitrogens with zero attached hydrogens (tertiary/aromatic N) is 1. The zero-order valence-corrected chi connectivity index (χ0v) is 16.5. The minimum atomic E-state index is -0.888. The van der Waals surface area contributed by atoms with Crippen molar-refractivity contribution < 1.29 is 19.5 Å². The van der Waals surface area contributed by atoms with Crippen LogP contribution >= 0.6 is 27.5 Å². The van der Waals surface area contributed by atoms with Crippen LogP contribution in [0.1, 0.15) is 23.6 Å². The lowest BCUT2D eigenvalue weighted by Gasteiger charge is -2.19. The van der Waals surface area contributed by atoms with Gasteiger partial charge in [-0.2, -0.15) is 5.06 Å². The van der Waals surface area contributed by atoms with Gasteiger partial charge in [-0.05, 0) is 48.7 Å². The Kier molecular flexibility index (Phi) is 6.70. The van der Waals surface area contributed by atoms with E-state index in [0.29, 0.717) is 25.9 Å². The van der Waals surface area contributed by atoms with Gasteiger partial charge in [-0.15, -0.1) is 0 Å². The van der Waals surface area contributed by atoms with E-state index >= 15 is 0 Å². The van der Waals surface area contributed by atoms with Gasteiger partial charge < -0.3 is 9.47 Å². The number of rotatable bonds is 5. The van der Waals surface area contributed by atoms with Crippen molar-refractivity contribution in [3.8, 4) is 5.75 Å². The molecule has 2 aromatic carbocycles. The van der Waals surface area contributed by atoms with E-state index < -0.39 is 6.09 Å². The summed E-state index contributed by atoms with van der Waals surface area (Å²) in [5, 5.41) is 11.0. The third-order valence-electron chi connectivity index (χ3n) is 3.81. The first-order chi connectivity index (χ1) is 11.9. The number of aryl methyl sites for hydroxylation is 2. The van der Waals surface area contributed by atoms with E-state index in [-0.39, 0.29) is 12.3 Å². The fourth-order valence-corrected chi connectivity index (χ4v) is 3.12. The smallest absolute Gasteiger partial charge is 0.438 e. The molecule has 0 saturated heterocycles. The van der Waals surface area contributed by atoms with Gasteiger partial charge in [0.2, 0.25) is 0 Å². The van der Waals surface area contributed by atoms with Crippen LogP contribution in [0.2, 0.25) is 5.02 Å². The lowest BCUT2D eigenvalue weighted by molar-refractivity contribution is 0.140. The molecule has 2 aromatic rings. The molecule has 0 aliphatic carbocycles. The number of anilines is 1. The summed E-state index contributed by atoms with van der Waals surface area (Å²) in [6.07, 6.45) is -0.000687. The van der Waals surface area contributed by atoms with E-state index in [9.17, 15) is 10.0 Å². The molecule has 0 radical (unpaired) electrons. The predicted octanol–water partition coefficient (Wildman–Crippen LogP) is 5.51. The highest BCUT2D eigenvalue weighted by molar-refractivity contribution is 9.10. The Morgan fingerprint density at radius 2 is 2.08 bits per heavy atom. The number of carbonyl (C=O) groups excluding carboxylic acids is 1. The zero-order valence-electron chi connectivity index (χ0n) is 14.2. The summed E-state index contributed by atoms with van der Waals surface area (Å²) >= 11 is 9.70. The highest BCUT2D eigenvalue weighted by Gasteiger charge is 2.19. The summed E-state index contributed by atoms with van der Waals surface area (Å²) < 4.78 is 11.1. The number of halogens is 2. The Morgan fingerprint density at radius 1 is 1.36 bits per heavy atom. The van der Waals surface area contributed by atoms with E-state index in [2.05, 4.69) is 27.6 Å². The van der Waals surface area contributed by atoms with Crippen LogP contribution in [-0.2, 0) is 17.8 Å². The molecular formula is C18H19BrClNO4. The van der Waals surface area contributed by atoms with Crippen molar-refractivity contribution in [2.45, 2.75) is 26.9 Å². The average molecular weight is 429 g/mol. The Labute approximate surface area is 160 Å². The monoisotopic (exact) mass is 427 g/mol. The first-order valence-corrected chi connectivity index (χ1v) is 8.82. The summed E-state index contributed by atoms with van der Waals surface area (Å²) in [6, 6.07) is 8.85. The third kappa shape index (κ3) is 4.45. The topological polar surface area (TPSA) is 59.0 Å². The fraction of sp³-hybridized carbons (Fsp3) is 0.278. The van der Waals surface area contributed by atoms with Crippen LogP contribution in [0.3, 0.4) is 0 Å². The molecule has 0 heterocycles. The molecule has 0 aliphatic rings. The molecule has 1 N–H and O–H groups in total. The number of benzene rings is 2. The standard InChI is InChI=1S/C18H19BrClNO4/c1-4-12-9-15(20)17(8-11(12)2)25-10-13-14(19)6-5-7-16(13)21(23)18(22)24-3/h5-9,23H,4,10H2,1-3H3. The van der Waals surface area contributed by atoms with Crippen LogP contribution in [0.5, 0.6) is 5.75 Å². The number of hydroxylamine groups is 1. The molecule has 0 saturated carbocycles. The Bertz CT molecular complexity index is 782. The van der Waals surface area contributed by atoms with Crippen LogP contribution in [-0.4, -0.2) is 18.4 Å². The summed E-state index contributed by atoms with van der Waals surface area (Å²) in [6.45, 7) is 4.17. The minimum absolute atomic E-state index is 0.107. The van der Waals surface area contributed by atoms with Crippen LogP contribution < -0.4 is 9.80 Å². The molecule has 1 amide bonds. The first kappa shape index (κ1) is 19.6. The maximum atomic E-state index is 11.6. The number of ether oxygens (including phenoxy) is 2. The minimum Gasteiger partial charge on any atom is -0.487 e. The molecule has 0 fully saturated rings. The second kappa shape index (κ2) is 8.56. The van der Waals surface area contributed by atoms with Crippen molar-refractivity contribution >= 4 is 39.3 Å². The number of amides is 1. The highest BCUT2D eigenvalue weighted by Crippen LogP contribution is 2.32. The third-order valence-corrected chi connectivity index (χ3v) is 4.85. The maximum Gasteiger partial charge on any atom is 0.438 e. The van der Waals surface area contributed by atoms with Gasteiger partial charge in [0.15, 0.2) is 0 Å². The number of methoxy groups -OCH3 is 1. The fourth-order valence-electron chi connectivity index (χ4n) is 2.41. The quantitative estimate of drug-likeness (QED) is 0.503. The van der Waals surface area contributed by atoms with E-state index in [1.807, 2.05) is 19.1 Å². The lowest BCUT2D eigenvalue weighted by atomic mass is 10.1. The molecular weight excluding hydrogens is 410 g/mol. The summed E-state index contributed by atoms with van der Waals surface area (Å²) in [4.78, 5) is 11.6. The lowest BCUT2D eigenvalue weighted by Crippen LogP contribution is -2.28. The van der Waals surface area contributed by atoms with Crippen molar-refractivity contribution in [1.29, 1.82) is 0 Å². The van der Waals surface area contributed by atoms with E-state index in [0.717, 1.165) is 17.5 Å². The average Bonchev–Trinajstić information content (AvgIpc) is 2.61. The maximum absolute atomic E-state index is 11.6. The summed E-state index contributed by atoms with van der Waals surface area (Å²) in [5.41, 5.74) is 3.10. The number of carbonyl (C=O) groups is 1. The molecule has 5 nitrogen and oxygen atoms in total. The van der Waals surface area contributed by atoms with Crippen molar-refractivity contribution in [2.75, 3.05) is 12.2 Å². The van der Waals surface area contributed by atoms with E-state index in [1.165, 1.54) is 7.11 Å². The molecule has 0 atom stereocenters. The molecule has 7 heteroatoms. The van der Waals surface area contributed by atoms with Crippen LogP contribution in [0.25, 0.3) is 0 Å². The van der Waals surface area contributed by atoms with Gasteiger partial charge in [0.1, 0.15) is 12.4 Å². The van der Waals surface area contributed by atoms with Gasteiger partial charge in [0.05, 0.1) is 17.8 Å². The van der Waals surface area contributed by atoms with Gasteiger partial charge >= 0.3 is 6.09 Å². The normalized spacial score (nSPS) is 10.5. The Hall–Kier alpha value is -1.76. The molecule has 0 spiro atoms. The summed E-state index contributed by atoms with van der Waals surface area (Å²) in [7, 11) is 1.19. The molecule has 0 unspecified atom stereocenters. The molecule has 134 valence electrons. The zero-order chi connectivity index (χ0) is 18.6. The van der Waals surface area contributed by atoms with Gasteiger partial charge in [0, 0.05) is 10.0 Å². The summed E-state index contributed by atoms with van der Waals surface area (Å²) in [5.74, 6) is 0.542. The number of hydrogen-bond donors (Lipinski definition) is 1. The SMILES string of the molecule is CCc1cc(Cl)c(OCc2c(Br)cccc2N(O)C(=O)OC)cc1C. The molecule has 0 bridgehead atoms. The van der Waals surface area contributed by atoms with Crippen molar-refractivity contribution in [2.24, 2.45) is 0 Å². The predicted molar refractivity (Wildman–Crippen MR) is 101 cm³/mol. The van der Waals surface area contributed by atoms with Gasteiger partial charge in [-0.3, -0.25) is 5.21 Å². The molecule has 25 heavy (non-hydrogen) atoms. The Balaban J connectivity index is 2.30. The van der Waals surface area contributed by atoms with Crippen LogP contribution in [0.15, 0.2) is 34.8 Å². The van der Waals surface area contributed by atoms with Crippen molar-refractivity contribution in [3.63, 3.8) is 0 Å². The van der Waals surface area contributed by atoms with Crippen LogP contribution in [0, 0.1) is 6.92 Å². The van der Waals surface area contributed by atoms with Crippen molar-refractivity contribution in [1.82, 2.24) is 0 Å². The van der Waals surface area contributed by atoms with Crippen LogP contribution in [0.4, 0.5) is 10.5 Å². The first-order valence-electron chi connectivity index (χ1n) is 7.65. The highest BCUT2D eigenvalue weighted by atomic mass is 79.9. The van der Waals surface area contributed by atoms with Gasteiger partial charge in [-0.1, -0.05) is 40.5 Å². The van der Waals surface area contributed by atoms with E-state index in [4.69, 9.17) is 16.3 Å². The van der Waals surface area contributed by atoms with Gasteiger partial charge in [-0.25, -0.2) is 4.79 Å². The largest absolute Gasteiger partial charge is 0.487 e.